The van der Waals surface area contributed by atoms with Crippen LogP contribution in [-0.4, -0.2) is 18.0 Å². The minimum atomic E-state index is -0.309. The fourth-order valence-electron chi connectivity index (χ4n) is 1.55. The van der Waals surface area contributed by atoms with Crippen LogP contribution in [0.5, 0.6) is 5.88 Å². The lowest BCUT2D eigenvalue weighted by Crippen LogP contribution is -2.14. The Balaban J connectivity index is 2.28. The van der Waals surface area contributed by atoms with Gasteiger partial charge in [-0.1, -0.05) is 0 Å². The molecular weight excluding hydrogens is 310 g/mol. The molecule has 1 amide bonds. The summed E-state index contributed by atoms with van der Waals surface area (Å²) >= 11 is 3.35. The van der Waals surface area contributed by atoms with E-state index in [0.29, 0.717) is 16.9 Å². The molecule has 0 saturated carbocycles. The van der Waals surface area contributed by atoms with Gasteiger partial charge in [0.1, 0.15) is 5.56 Å². The van der Waals surface area contributed by atoms with Gasteiger partial charge in [0.2, 0.25) is 5.88 Å². The summed E-state index contributed by atoms with van der Waals surface area (Å²) in [6.07, 6.45) is 1.56. The molecular formula is C13H12BrN3O2. The average Bonchev–Trinajstić information content (AvgIpc) is 2.42. The Hall–Kier alpha value is -2.08. The van der Waals surface area contributed by atoms with Crippen LogP contribution in [0.3, 0.4) is 0 Å². The Morgan fingerprint density at radius 2 is 2.21 bits per heavy atom. The molecule has 0 atom stereocenters. The van der Waals surface area contributed by atoms with Gasteiger partial charge in [-0.3, -0.25) is 4.79 Å². The third-order valence-corrected chi connectivity index (χ3v) is 3.14. The number of nitrogen functional groups attached to an aromatic ring is 1. The maximum absolute atomic E-state index is 12.2. The van der Waals surface area contributed by atoms with E-state index in [1.165, 1.54) is 7.11 Å². The Morgan fingerprint density at radius 3 is 2.95 bits per heavy atom. The third-order valence-electron chi connectivity index (χ3n) is 2.45. The number of ether oxygens (including phenoxy) is 1. The number of carbonyl (C=O) groups excluding carboxylic acids is 1. The molecule has 0 aliphatic heterocycles. The van der Waals surface area contributed by atoms with Crippen LogP contribution in [0.15, 0.2) is 41.0 Å². The SMILES string of the molecule is COc1ncccc1C(=O)Nc1cc(N)ccc1Br. The van der Waals surface area contributed by atoms with Crippen molar-refractivity contribution in [2.75, 3.05) is 18.2 Å². The molecule has 6 heteroatoms. The van der Waals surface area contributed by atoms with Gasteiger partial charge in [0.05, 0.1) is 12.8 Å². The second-order valence-corrected chi connectivity index (χ2v) is 4.61. The van der Waals surface area contributed by atoms with E-state index >= 15 is 0 Å². The summed E-state index contributed by atoms with van der Waals surface area (Å²) in [5.41, 5.74) is 7.21. The summed E-state index contributed by atoms with van der Waals surface area (Å²) in [5, 5.41) is 2.76. The van der Waals surface area contributed by atoms with Crippen LogP contribution in [0.2, 0.25) is 0 Å². The normalized spacial score (nSPS) is 10.0. The molecule has 2 aromatic rings. The van der Waals surface area contributed by atoms with Crippen molar-refractivity contribution >= 4 is 33.2 Å². The number of halogens is 1. The van der Waals surface area contributed by atoms with Crippen molar-refractivity contribution < 1.29 is 9.53 Å². The quantitative estimate of drug-likeness (QED) is 0.852. The monoisotopic (exact) mass is 321 g/mol. The zero-order valence-corrected chi connectivity index (χ0v) is 11.8. The van der Waals surface area contributed by atoms with Gasteiger partial charge < -0.3 is 15.8 Å². The topological polar surface area (TPSA) is 77.2 Å². The van der Waals surface area contributed by atoms with Crippen molar-refractivity contribution in [1.82, 2.24) is 4.98 Å². The molecule has 1 aromatic heterocycles. The summed E-state index contributed by atoms with van der Waals surface area (Å²) in [6.45, 7) is 0. The maximum atomic E-state index is 12.2. The summed E-state index contributed by atoms with van der Waals surface area (Å²) in [5.74, 6) is -0.0312. The minimum Gasteiger partial charge on any atom is -0.480 e. The number of carbonyl (C=O) groups is 1. The highest BCUT2D eigenvalue weighted by Gasteiger charge is 2.14. The number of pyridine rings is 1. The molecule has 5 nitrogen and oxygen atoms in total. The summed E-state index contributed by atoms with van der Waals surface area (Å²) in [7, 11) is 1.47. The number of hydrogen-bond donors (Lipinski definition) is 2. The lowest BCUT2D eigenvalue weighted by Gasteiger charge is -2.10. The standard InChI is InChI=1S/C13H12BrN3O2/c1-19-13-9(3-2-6-16-13)12(18)17-11-7-8(15)4-5-10(11)14/h2-7H,15H2,1H3,(H,17,18). The molecule has 1 aromatic carbocycles. The highest BCUT2D eigenvalue weighted by atomic mass is 79.9. The fourth-order valence-corrected chi connectivity index (χ4v) is 1.90. The van der Waals surface area contributed by atoms with Crippen LogP contribution < -0.4 is 15.8 Å². The van der Waals surface area contributed by atoms with Crippen molar-refractivity contribution in [3.63, 3.8) is 0 Å². The van der Waals surface area contributed by atoms with Gasteiger partial charge in [-0.25, -0.2) is 4.98 Å². The van der Waals surface area contributed by atoms with E-state index in [-0.39, 0.29) is 11.8 Å². The third kappa shape index (κ3) is 3.03. The largest absolute Gasteiger partial charge is 0.480 e. The second-order valence-electron chi connectivity index (χ2n) is 3.75. The predicted octanol–water partition coefficient (Wildman–Crippen LogP) is 2.69. The van der Waals surface area contributed by atoms with Gasteiger partial charge in [0.15, 0.2) is 0 Å². The predicted molar refractivity (Wildman–Crippen MR) is 77.3 cm³/mol. The molecule has 19 heavy (non-hydrogen) atoms. The number of nitrogens with zero attached hydrogens (tertiary/aromatic N) is 1. The first-order valence-corrected chi connectivity index (χ1v) is 6.26. The lowest BCUT2D eigenvalue weighted by atomic mass is 10.2. The van der Waals surface area contributed by atoms with E-state index in [4.69, 9.17) is 10.5 Å². The van der Waals surface area contributed by atoms with E-state index in [0.717, 1.165) is 4.47 Å². The Kier molecular flexibility index (Phi) is 4.01. The Morgan fingerprint density at radius 1 is 1.42 bits per heavy atom. The molecule has 0 aliphatic rings. The Bertz CT molecular complexity index is 617. The second kappa shape index (κ2) is 5.71. The van der Waals surface area contributed by atoms with Crippen LogP contribution in [-0.2, 0) is 0 Å². The van der Waals surface area contributed by atoms with Gasteiger partial charge in [-0.15, -0.1) is 0 Å². The summed E-state index contributed by atoms with van der Waals surface area (Å²) in [6, 6.07) is 8.49. The van der Waals surface area contributed by atoms with E-state index in [1.807, 2.05) is 0 Å². The van der Waals surface area contributed by atoms with Crippen molar-refractivity contribution in [3.8, 4) is 5.88 Å². The van der Waals surface area contributed by atoms with Crippen LogP contribution in [0.25, 0.3) is 0 Å². The van der Waals surface area contributed by atoms with E-state index in [9.17, 15) is 4.79 Å². The van der Waals surface area contributed by atoms with E-state index in [2.05, 4.69) is 26.2 Å². The van der Waals surface area contributed by atoms with Crippen molar-refractivity contribution in [1.29, 1.82) is 0 Å². The van der Waals surface area contributed by atoms with Crippen LogP contribution in [0.1, 0.15) is 10.4 Å². The molecule has 0 saturated heterocycles. The minimum absolute atomic E-state index is 0.278. The molecule has 98 valence electrons. The van der Waals surface area contributed by atoms with Gasteiger partial charge >= 0.3 is 0 Å². The van der Waals surface area contributed by atoms with Crippen molar-refractivity contribution in [2.24, 2.45) is 0 Å². The molecule has 0 bridgehead atoms. The fraction of sp³-hybridized carbons (Fsp3) is 0.0769. The van der Waals surface area contributed by atoms with E-state index < -0.39 is 0 Å². The first kappa shape index (κ1) is 13.4. The number of methoxy groups -OCH3 is 1. The zero-order valence-electron chi connectivity index (χ0n) is 10.2. The summed E-state index contributed by atoms with van der Waals surface area (Å²) in [4.78, 5) is 16.1. The van der Waals surface area contributed by atoms with Gasteiger partial charge in [-0.05, 0) is 46.3 Å². The molecule has 3 N–H and O–H groups in total. The van der Waals surface area contributed by atoms with Crippen LogP contribution in [0.4, 0.5) is 11.4 Å². The van der Waals surface area contributed by atoms with Gasteiger partial charge in [0, 0.05) is 16.4 Å². The molecule has 0 unspecified atom stereocenters. The molecule has 0 aliphatic carbocycles. The zero-order chi connectivity index (χ0) is 13.8. The first-order chi connectivity index (χ1) is 9.11. The van der Waals surface area contributed by atoms with Gasteiger partial charge in [-0.2, -0.15) is 0 Å². The number of aromatic nitrogens is 1. The number of benzene rings is 1. The van der Waals surface area contributed by atoms with Crippen molar-refractivity contribution in [3.05, 3.63) is 46.6 Å². The Labute approximate surface area is 118 Å². The molecule has 1 heterocycles. The summed E-state index contributed by atoms with van der Waals surface area (Å²) < 4.78 is 5.80. The van der Waals surface area contributed by atoms with Crippen LogP contribution >= 0.6 is 15.9 Å². The van der Waals surface area contributed by atoms with Crippen LogP contribution in [0, 0.1) is 0 Å². The number of nitrogens with two attached hydrogens (primary N) is 1. The number of rotatable bonds is 3. The molecule has 0 radical (unpaired) electrons. The number of amides is 1. The molecule has 0 spiro atoms. The number of anilines is 2. The molecule has 0 fully saturated rings. The first-order valence-electron chi connectivity index (χ1n) is 5.47. The number of hydrogen-bond acceptors (Lipinski definition) is 4. The maximum Gasteiger partial charge on any atom is 0.261 e. The lowest BCUT2D eigenvalue weighted by molar-refractivity contribution is 0.102. The van der Waals surface area contributed by atoms with E-state index in [1.54, 1.807) is 36.5 Å². The highest BCUT2D eigenvalue weighted by Crippen LogP contribution is 2.26. The average molecular weight is 322 g/mol. The van der Waals surface area contributed by atoms with Gasteiger partial charge in [0.25, 0.3) is 5.91 Å². The number of nitrogens with one attached hydrogen (secondary N) is 1. The van der Waals surface area contributed by atoms with Crippen molar-refractivity contribution in [2.45, 2.75) is 0 Å². The highest BCUT2D eigenvalue weighted by molar-refractivity contribution is 9.10. The molecule has 2 rings (SSSR count). The smallest absolute Gasteiger partial charge is 0.261 e.